The van der Waals surface area contributed by atoms with Crippen LogP contribution in [0.3, 0.4) is 0 Å². The van der Waals surface area contributed by atoms with E-state index in [2.05, 4.69) is 5.32 Å². The number of hydrogen-bond donors (Lipinski definition) is 1. The normalized spacial score (nSPS) is 23.0. The fourth-order valence-corrected chi connectivity index (χ4v) is 1.98. The molecule has 1 amide bonds. The Balaban J connectivity index is 2.46. The molecule has 0 aromatic carbocycles. The number of methoxy groups -OCH3 is 1. The van der Waals surface area contributed by atoms with Crippen LogP contribution in [0, 0.1) is 5.92 Å². The van der Waals surface area contributed by atoms with Crippen molar-refractivity contribution >= 4 is 6.09 Å². The van der Waals surface area contributed by atoms with Crippen LogP contribution in [0.5, 0.6) is 0 Å². The second kappa shape index (κ2) is 5.86. The van der Waals surface area contributed by atoms with Crippen LogP contribution >= 0.6 is 0 Å². The van der Waals surface area contributed by atoms with Crippen molar-refractivity contribution in [2.75, 3.05) is 33.8 Å². The molecule has 82 valence electrons. The molecule has 4 heteroatoms. The third-order valence-electron chi connectivity index (χ3n) is 2.69. The van der Waals surface area contributed by atoms with Gasteiger partial charge in [0, 0.05) is 13.1 Å². The number of nitrogens with zero attached hydrogens (tertiary/aromatic N) is 1. The molecule has 1 rings (SSSR count). The number of carbonyl (C=O) groups is 1. The molecule has 0 aliphatic carbocycles. The zero-order valence-electron chi connectivity index (χ0n) is 9.08. The SMILES string of the molecule is CNCC1CCCCN(C(=O)OC)C1. The number of carbonyl (C=O) groups excluding carboxylic acids is 1. The van der Waals surface area contributed by atoms with Gasteiger partial charge in [0.2, 0.25) is 0 Å². The molecule has 1 aliphatic rings. The Bertz CT molecular complexity index is 185. The topological polar surface area (TPSA) is 41.6 Å². The van der Waals surface area contributed by atoms with Crippen molar-refractivity contribution in [2.45, 2.75) is 19.3 Å². The van der Waals surface area contributed by atoms with E-state index < -0.39 is 0 Å². The Morgan fingerprint density at radius 1 is 1.57 bits per heavy atom. The summed E-state index contributed by atoms with van der Waals surface area (Å²) in [5, 5.41) is 3.16. The lowest BCUT2D eigenvalue weighted by Gasteiger charge is -2.22. The molecular weight excluding hydrogens is 180 g/mol. The molecule has 0 aromatic heterocycles. The minimum Gasteiger partial charge on any atom is -0.453 e. The van der Waals surface area contributed by atoms with Crippen LogP contribution in [0.15, 0.2) is 0 Å². The summed E-state index contributed by atoms with van der Waals surface area (Å²) in [5.41, 5.74) is 0. The fourth-order valence-electron chi connectivity index (χ4n) is 1.98. The Morgan fingerprint density at radius 3 is 3.00 bits per heavy atom. The van der Waals surface area contributed by atoms with Crippen molar-refractivity contribution in [1.82, 2.24) is 10.2 Å². The first-order valence-electron chi connectivity index (χ1n) is 5.25. The lowest BCUT2D eigenvalue weighted by molar-refractivity contribution is 0.119. The number of nitrogens with one attached hydrogen (secondary N) is 1. The highest BCUT2D eigenvalue weighted by Crippen LogP contribution is 2.16. The summed E-state index contributed by atoms with van der Waals surface area (Å²) in [4.78, 5) is 13.2. The van der Waals surface area contributed by atoms with Gasteiger partial charge >= 0.3 is 6.09 Å². The van der Waals surface area contributed by atoms with E-state index in [0.29, 0.717) is 5.92 Å². The van der Waals surface area contributed by atoms with Crippen LogP contribution in [0.2, 0.25) is 0 Å². The van der Waals surface area contributed by atoms with Crippen LogP contribution < -0.4 is 5.32 Å². The zero-order chi connectivity index (χ0) is 10.4. The second-order valence-electron chi connectivity index (χ2n) is 3.84. The van der Waals surface area contributed by atoms with Gasteiger partial charge in [-0.25, -0.2) is 4.79 Å². The van der Waals surface area contributed by atoms with Gasteiger partial charge in [-0.1, -0.05) is 6.42 Å². The van der Waals surface area contributed by atoms with Crippen molar-refractivity contribution in [1.29, 1.82) is 0 Å². The van der Waals surface area contributed by atoms with Crippen LogP contribution in [0.25, 0.3) is 0 Å². The van der Waals surface area contributed by atoms with Gasteiger partial charge in [0.15, 0.2) is 0 Å². The third kappa shape index (κ3) is 3.18. The number of amides is 1. The first-order chi connectivity index (χ1) is 6.77. The van der Waals surface area contributed by atoms with Crippen molar-refractivity contribution in [3.63, 3.8) is 0 Å². The summed E-state index contributed by atoms with van der Waals surface area (Å²) in [7, 11) is 3.40. The summed E-state index contributed by atoms with van der Waals surface area (Å²) in [6.07, 6.45) is 3.32. The third-order valence-corrected chi connectivity index (χ3v) is 2.69. The first kappa shape index (κ1) is 11.3. The van der Waals surface area contributed by atoms with Crippen molar-refractivity contribution in [3.8, 4) is 0 Å². The maximum absolute atomic E-state index is 11.4. The Kier molecular flexibility index (Phi) is 4.73. The molecule has 1 aliphatic heterocycles. The summed E-state index contributed by atoms with van der Waals surface area (Å²) < 4.78 is 4.74. The first-order valence-corrected chi connectivity index (χ1v) is 5.25. The largest absolute Gasteiger partial charge is 0.453 e. The maximum atomic E-state index is 11.4. The van der Waals surface area contributed by atoms with Gasteiger partial charge in [0.25, 0.3) is 0 Å². The van der Waals surface area contributed by atoms with E-state index in [-0.39, 0.29) is 6.09 Å². The zero-order valence-corrected chi connectivity index (χ0v) is 9.08. The predicted octanol–water partition coefficient (Wildman–Crippen LogP) is 1.07. The molecular formula is C10H20N2O2. The highest BCUT2D eigenvalue weighted by atomic mass is 16.5. The molecule has 0 saturated carbocycles. The molecule has 1 fully saturated rings. The molecule has 1 atom stereocenters. The molecule has 0 bridgehead atoms. The minimum absolute atomic E-state index is 0.187. The maximum Gasteiger partial charge on any atom is 0.409 e. The van der Waals surface area contributed by atoms with E-state index in [9.17, 15) is 4.79 Å². The van der Waals surface area contributed by atoms with Gasteiger partial charge in [-0.2, -0.15) is 0 Å². The quantitative estimate of drug-likeness (QED) is 0.725. The fraction of sp³-hybridized carbons (Fsp3) is 0.900. The molecule has 1 heterocycles. The summed E-state index contributed by atoms with van der Waals surface area (Å²) >= 11 is 0. The number of hydrogen-bond acceptors (Lipinski definition) is 3. The van der Waals surface area contributed by atoms with Gasteiger partial charge in [-0.3, -0.25) is 0 Å². The van der Waals surface area contributed by atoms with Crippen LogP contribution in [0.4, 0.5) is 4.79 Å². The second-order valence-corrected chi connectivity index (χ2v) is 3.84. The van der Waals surface area contributed by atoms with Gasteiger partial charge in [-0.15, -0.1) is 0 Å². The van der Waals surface area contributed by atoms with Gasteiger partial charge in [0.1, 0.15) is 0 Å². The standard InChI is InChI=1S/C10H20N2O2/c1-11-7-9-5-3-4-6-12(8-9)10(13)14-2/h9,11H,3-8H2,1-2H3. The predicted molar refractivity (Wildman–Crippen MR) is 55.2 cm³/mol. The Labute approximate surface area is 85.6 Å². The smallest absolute Gasteiger partial charge is 0.409 e. The average Bonchev–Trinajstić information content (AvgIpc) is 2.43. The van der Waals surface area contributed by atoms with Gasteiger partial charge in [-0.05, 0) is 32.4 Å². The molecule has 1 N–H and O–H groups in total. The van der Waals surface area contributed by atoms with E-state index >= 15 is 0 Å². The van der Waals surface area contributed by atoms with E-state index in [1.54, 1.807) is 0 Å². The average molecular weight is 200 g/mol. The molecule has 0 radical (unpaired) electrons. The molecule has 1 saturated heterocycles. The number of ether oxygens (including phenoxy) is 1. The highest BCUT2D eigenvalue weighted by molar-refractivity contribution is 5.67. The van der Waals surface area contributed by atoms with Gasteiger partial charge < -0.3 is 15.0 Å². The van der Waals surface area contributed by atoms with E-state index in [0.717, 1.165) is 26.1 Å². The van der Waals surface area contributed by atoms with E-state index in [1.165, 1.54) is 20.0 Å². The molecule has 14 heavy (non-hydrogen) atoms. The minimum atomic E-state index is -0.187. The van der Waals surface area contributed by atoms with E-state index in [1.807, 2.05) is 11.9 Å². The molecule has 0 aromatic rings. The van der Waals surface area contributed by atoms with Crippen molar-refractivity contribution < 1.29 is 9.53 Å². The molecule has 4 nitrogen and oxygen atoms in total. The highest BCUT2D eigenvalue weighted by Gasteiger charge is 2.21. The van der Waals surface area contributed by atoms with Crippen LogP contribution in [-0.2, 0) is 4.74 Å². The molecule has 0 spiro atoms. The summed E-state index contributed by atoms with van der Waals surface area (Å²) in [5.74, 6) is 0.571. The van der Waals surface area contributed by atoms with Crippen molar-refractivity contribution in [2.24, 2.45) is 5.92 Å². The van der Waals surface area contributed by atoms with E-state index in [4.69, 9.17) is 4.74 Å². The number of likely N-dealkylation sites (tertiary alicyclic amines) is 1. The lowest BCUT2D eigenvalue weighted by atomic mass is 10.0. The lowest BCUT2D eigenvalue weighted by Crippen LogP contribution is -2.36. The summed E-state index contributed by atoms with van der Waals surface area (Å²) in [6, 6.07) is 0. The van der Waals surface area contributed by atoms with Gasteiger partial charge in [0.05, 0.1) is 7.11 Å². The van der Waals surface area contributed by atoms with Crippen LogP contribution in [-0.4, -0.2) is 44.8 Å². The molecule has 1 unspecified atom stereocenters. The summed E-state index contributed by atoms with van der Waals surface area (Å²) in [6.45, 7) is 2.65. The Morgan fingerprint density at radius 2 is 2.36 bits per heavy atom. The Hall–Kier alpha value is -0.770. The van der Waals surface area contributed by atoms with Crippen LogP contribution in [0.1, 0.15) is 19.3 Å². The number of rotatable bonds is 2. The monoisotopic (exact) mass is 200 g/mol. The van der Waals surface area contributed by atoms with Crippen molar-refractivity contribution in [3.05, 3.63) is 0 Å².